The molecule has 2 heteroatoms. The van der Waals surface area contributed by atoms with E-state index in [0.717, 1.165) is 27.8 Å². The topological polar surface area (TPSA) is 18.1 Å². The van der Waals surface area contributed by atoms with Crippen LogP contribution >= 0.6 is 0 Å². The summed E-state index contributed by atoms with van der Waals surface area (Å²) < 4.78 is 9.51. The maximum absolute atomic E-state index is 6.99. The number of furan rings is 1. The number of benzene rings is 9. The van der Waals surface area contributed by atoms with Gasteiger partial charge in [0, 0.05) is 32.6 Å². The van der Waals surface area contributed by atoms with Gasteiger partial charge < -0.3 is 8.98 Å². The Hall–Kier alpha value is -6.90. The third-order valence-electron chi connectivity index (χ3n) is 12.4. The molecular formula is C51H29NO. The van der Waals surface area contributed by atoms with Gasteiger partial charge in [-0.05, 0) is 78.9 Å². The van der Waals surface area contributed by atoms with Crippen molar-refractivity contribution in [2.24, 2.45) is 0 Å². The van der Waals surface area contributed by atoms with Crippen LogP contribution in [0, 0.1) is 0 Å². The first-order valence-corrected chi connectivity index (χ1v) is 18.4. The van der Waals surface area contributed by atoms with E-state index in [-0.39, 0.29) is 0 Å². The van der Waals surface area contributed by atoms with Crippen LogP contribution in [0.2, 0.25) is 0 Å². The molecule has 2 aliphatic carbocycles. The predicted octanol–water partition coefficient (Wildman–Crippen LogP) is 13.3. The molecule has 2 nitrogen and oxygen atoms in total. The van der Waals surface area contributed by atoms with E-state index in [2.05, 4.69) is 180 Å². The van der Waals surface area contributed by atoms with Crippen molar-refractivity contribution in [2.45, 2.75) is 5.41 Å². The Morgan fingerprint density at radius 2 is 0.925 bits per heavy atom. The zero-order valence-corrected chi connectivity index (χ0v) is 28.6. The lowest BCUT2D eigenvalue weighted by Gasteiger charge is -2.30. The molecule has 0 atom stereocenters. The summed E-state index contributed by atoms with van der Waals surface area (Å²) >= 11 is 0. The molecule has 2 aromatic heterocycles. The minimum absolute atomic E-state index is 0.433. The molecule has 0 unspecified atom stereocenters. The van der Waals surface area contributed by atoms with Gasteiger partial charge in [0.1, 0.15) is 5.58 Å². The summed E-state index contributed by atoms with van der Waals surface area (Å²) in [4.78, 5) is 0. The molecule has 0 aliphatic heterocycles. The van der Waals surface area contributed by atoms with Gasteiger partial charge in [0.05, 0.1) is 16.4 Å². The second-order valence-corrected chi connectivity index (χ2v) is 14.7. The lowest BCUT2D eigenvalue weighted by atomic mass is 9.70. The summed E-state index contributed by atoms with van der Waals surface area (Å²) in [5.74, 6) is 0. The van der Waals surface area contributed by atoms with Crippen LogP contribution in [0.1, 0.15) is 22.3 Å². The maximum atomic E-state index is 6.99. The Bertz CT molecular complexity index is 3350. The van der Waals surface area contributed by atoms with Gasteiger partial charge in [-0.1, -0.05) is 158 Å². The number of hydrogen-bond donors (Lipinski definition) is 0. The van der Waals surface area contributed by atoms with Crippen LogP contribution in [0.25, 0.3) is 93.2 Å². The molecule has 0 bridgehead atoms. The first kappa shape index (κ1) is 27.8. The first-order chi connectivity index (χ1) is 26.3. The average Bonchev–Trinajstić information content (AvgIpc) is 3.95. The summed E-state index contributed by atoms with van der Waals surface area (Å²) in [5.41, 5.74) is 15.4. The molecule has 0 N–H and O–H groups in total. The monoisotopic (exact) mass is 671 g/mol. The summed E-state index contributed by atoms with van der Waals surface area (Å²) in [5, 5.41) is 9.67. The Morgan fingerprint density at radius 3 is 1.62 bits per heavy atom. The largest absolute Gasteiger partial charge is 0.454 e. The van der Waals surface area contributed by atoms with Crippen molar-refractivity contribution < 1.29 is 4.42 Å². The molecule has 0 radical (unpaired) electrons. The van der Waals surface area contributed by atoms with Crippen molar-refractivity contribution >= 4 is 65.3 Å². The van der Waals surface area contributed by atoms with Crippen molar-refractivity contribution in [1.29, 1.82) is 0 Å². The summed E-state index contributed by atoms with van der Waals surface area (Å²) in [6.07, 6.45) is 0. The van der Waals surface area contributed by atoms with Crippen LogP contribution in [-0.2, 0) is 5.41 Å². The SMILES string of the molecule is c1ccc2c(c1)-c1ccccc1C21c2ccccc2-c2ccc(-n3c4c5ccccc5ccc4c4c5ccccc5c5c6ccccc6oc5c43)cc21. The highest BCUT2D eigenvalue weighted by molar-refractivity contribution is 6.36. The molecule has 0 fully saturated rings. The van der Waals surface area contributed by atoms with Crippen molar-refractivity contribution in [3.8, 4) is 27.9 Å². The van der Waals surface area contributed by atoms with Crippen LogP contribution in [-0.4, -0.2) is 4.57 Å². The maximum Gasteiger partial charge on any atom is 0.160 e. The number of aromatic nitrogens is 1. The van der Waals surface area contributed by atoms with Crippen molar-refractivity contribution in [1.82, 2.24) is 4.57 Å². The van der Waals surface area contributed by atoms with Crippen LogP contribution in [0.5, 0.6) is 0 Å². The zero-order valence-electron chi connectivity index (χ0n) is 28.6. The second kappa shape index (κ2) is 9.70. The number of para-hydroxylation sites is 1. The minimum Gasteiger partial charge on any atom is -0.454 e. The molecule has 53 heavy (non-hydrogen) atoms. The number of fused-ring (bicyclic) bond motifs is 22. The number of rotatable bonds is 1. The predicted molar refractivity (Wildman–Crippen MR) is 219 cm³/mol. The fourth-order valence-corrected chi connectivity index (χ4v) is 10.4. The summed E-state index contributed by atoms with van der Waals surface area (Å²) in [6.45, 7) is 0. The molecular weight excluding hydrogens is 643 g/mol. The van der Waals surface area contributed by atoms with Crippen molar-refractivity contribution in [3.05, 3.63) is 198 Å². The average molecular weight is 672 g/mol. The fourth-order valence-electron chi connectivity index (χ4n) is 10.4. The highest BCUT2D eigenvalue weighted by Gasteiger charge is 2.51. The van der Waals surface area contributed by atoms with Gasteiger partial charge in [0.25, 0.3) is 0 Å². The lowest BCUT2D eigenvalue weighted by molar-refractivity contribution is 0.671. The van der Waals surface area contributed by atoms with E-state index < -0.39 is 5.41 Å². The Morgan fingerprint density at radius 1 is 0.377 bits per heavy atom. The van der Waals surface area contributed by atoms with Gasteiger partial charge in [-0.15, -0.1) is 0 Å². The molecule has 11 aromatic rings. The van der Waals surface area contributed by atoms with E-state index in [1.54, 1.807) is 0 Å². The van der Waals surface area contributed by atoms with Crippen molar-refractivity contribution in [2.75, 3.05) is 0 Å². The van der Waals surface area contributed by atoms with Crippen LogP contribution < -0.4 is 0 Å². The van der Waals surface area contributed by atoms with E-state index >= 15 is 0 Å². The van der Waals surface area contributed by atoms with Crippen molar-refractivity contribution in [3.63, 3.8) is 0 Å². The molecule has 2 heterocycles. The number of nitrogens with zero attached hydrogens (tertiary/aromatic N) is 1. The highest BCUT2D eigenvalue weighted by Crippen LogP contribution is 2.63. The molecule has 2 aliphatic rings. The van der Waals surface area contributed by atoms with E-state index in [0.29, 0.717) is 0 Å². The van der Waals surface area contributed by atoms with Gasteiger partial charge in [-0.25, -0.2) is 0 Å². The van der Waals surface area contributed by atoms with Gasteiger partial charge in [-0.3, -0.25) is 0 Å². The fraction of sp³-hybridized carbons (Fsp3) is 0.0196. The van der Waals surface area contributed by atoms with Gasteiger partial charge in [0.2, 0.25) is 0 Å². The number of hydrogen-bond acceptors (Lipinski definition) is 1. The molecule has 13 rings (SSSR count). The Labute approximate surface area is 304 Å². The van der Waals surface area contributed by atoms with E-state index in [1.165, 1.54) is 87.7 Å². The van der Waals surface area contributed by atoms with E-state index in [1.807, 2.05) is 0 Å². The lowest BCUT2D eigenvalue weighted by Crippen LogP contribution is -2.26. The molecule has 0 amide bonds. The zero-order chi connectivity index (χ0) is 34.4. The van der Waals surface area contributed by atoms with E-state index in [9.17, 15) is 0 Å². The van der Waals surface area contributed by atoms with E-state index in [4.69, 9.17) is 4.42 Å². The third-order valence-corrected chi connectivity index (χ3v) is 12.4. The summed E-state index contributed by atoms with van der Waals surface area (Å²) in [6, 6.07) is 65.1. The molecule has 0 saturated carbocycles. The molecule has 244 valence electrons. The Balaban J connectivity index is 1.25. The van der Waals surface area contributed by atoms with Crippen LogP contribution in [0.4, 0.5) is 0 Å². The molecule has 9 aromatic carbocycles. The van der Waals surface area contributed by atoms with Gasteiger partial charge in [0.15, 0.2) is 5.58 Å². The Kier molecular flexibility index (Phi) is 5.08. The van der Waals surface area contributed by atoms with Gasteiger partial charge >= 0.3 is 0 Å². The highest BCUT2D eigenvalue weighted by atomic mass is 16.3. The van der Waals surface area contributed by atoms with Crippen LogP contribution in [0.15, 0.2) is 180 Å². The minimum atomic E-state index is -0.433. The normalized spacial score (nSPS) is 13.8. The second-order valence-electron chi connectivity index (χ2n) is 14.7. The summed E-state index contributed by atoms with van der Waals surface area (Å²) in [7, 11) is 0. The first-order valence-electron chi connectivity index (χ1n) is 18.4. The van der Waals surface area contributed by atoms with Gasteiger partial charge in [-0.2, -0.15) is 0 Å². The van der Waals surface area contributed by atoms with Crippen LogP contribution in [0.3, 0.4) is 0 Å². The smallest absolute Gasteiger partial charge is 0.160 e. The quantitative estimate of drug-likeness (QED) is 0.170. The third kappa shape index (κ3) is 3.23. The molecule has 1 spiro atoms. The molecule has 0 saturated heterocycles. The standard InChI is InChI=1S/C51H29NO/c1-2-14-32-30(13-1)25-27-40-46-37-18-3-4-19-38(37)47-39-20-8-12-24-45(39)53-50(47)49(46)52(48(32)40)31-26-28-36-35-17-7-11-23-43(35)51(44(36)29-31)41-21-9-5-15-33(41)34-16-6-10-22-42(34)51/h1-29H.